The Labute approximate surface area is 109 Å². The van der Waals surface area contributed by atoms with Crippen molar-refractivity contribution in [3.8, 4) is 0 Å². The van der Waals surface area contributed by atoms with Gasteiger partial charge >= 0.3 is 0 Å². The second-order valence-corrected chi connectivity index (χ2v) is 7.06. The molecule has 1 aromatic carbocycles. The van der Waals surface area contributed by atoms with Gasteiger partial charge in [0.25, 0.3) is 0 Å². The first-order valence-corrected chi connectivity index (χ1v) is 7.21. The van der Waals surface area contributed by atoms with Crippen LogP contribution in [0.2, 0.25) is 5.02 Å². The third-order valence-electron chi connectivity index (χ3n) is 4.15. The molecule has 0 heterocycles. The topological polar surface area (TPSA) is 0 Å². The zero-order valence-corrected chi connectivity index (χ0v) is 11.8. The molecular formula is C16H21Cl. The Kier molecular flexibility index (Phi) is 2.56. The molecular weight excluding hydrogens is 228 g/mol. The van der Waals surface area contributed by atoms with Crippen molar-refractivity contribution in [2.45, 2.75) is 64.2 Å². The Bertz CT molecular complexity index is 461. The van der Waals surface area contributed by atoms with Gasteiger partial charge < -0.3 is 0 Å². The molecule has 0 aromatic heterocycles. The van der Waals surface area contributed by atoms with Crippen molar-refractivity contribution in [2.24, 2.45) is 0 Å². The van der Waals surface area contributed by atoms with Crippen LogP contribution in [0.4, 0.5) is 0 Å². The Morgan fingerprint density at radius 1 is 1.12 bits per heavy atom. The predicted octanol–water partition coefficient (Wildman–Crippen LogP) is 5.00. The molecule has 1 heteroatoms. The van der Waals surface area contributed by atoms with Crippen LogP contribution in [0.3, 0.4) is 0 Å². The second kappa shape index (κ2) is 3.75. The summed E-state index contributed by atoms with van der Waals surface area (Å²) in [5.41, 5.74) is 6.48. The lowest BCUT2D eigenvalue weighted by atomic mass is 9.78. The highest BCUT2D eigenvalue weighted by atomic mass is 35.5. The van der Waals surface area contributed by atoms with Gasteiger partial charge in [0, 0.05) is 5.02 Å². The molecule has 2 aliphatic carbocycles. The van der Waals surface area contributed by atoms with Crippen molar-refractivity contribution in [3.05, 3.63) is 33.3 Å². The van der Waals surface area contributed by atoms with Gasteiger partial charge in [-0.15, -0.1) is 0 Å². The zero-order chi connectivity index (χ0) is 12.2. The molecule has 0 saturated heterocycles. The van der Waals surface area contributed by atoms with Crippen molar-refractivity contribution < 1.29 is 0 Å². The number of benzene rings is 1. The highest BCUT2D eigenvalue weighted by Crippen LogP contribution is 2.49. The van der Waals surface area contributed by atoms with E-state index in [4.69, 9.17) is 11.6 Å². The summed E-state index contributed by atoms with van der Waals surface area (Å²) >= 11 is 6.47. The quantitative estimate of drug-likeness (QED) is 0.656. The summed E-state index contributed by atoms with van der Waals surface area (Å²) in [6.07, 6.45) is 6.42. The highest BCUT2D eigenvalue weighted by Gasteiger charge is 2.34. The summed E-state index contributed by atoms with van der Waals surface area (Å²) in [7, 11) is 0. The lowest BCUT2D eigenvalue weighted by molar-refractivity contribution is 0.576. The number of fused-ring (bicyclic) bond motifs is 1. The van der Waals surface area contributed by atoms with Gasteiger partial charge in [-0.25, -0.2) is 0 Å². The fourth-order valence-corrected chi connectivity index (χ4v) is 3.68. The minimum Gasteiger partial charge on any atom is -0.0840 e. The standard InChI is InChI=1S/C16H21Cl/c1-16(2,3)15-12-6-4-5-11(12)14(17)9-13(15)10-7-8-10/h9-10H,4-8H2,1-3H3. The zero-order valence-electron chi connectivity index (χ0n) is 11.1. The third kappa shape index (κ3) is 1.91. The SMILES string of the molecule is CC(C)(C)c1c(C2CC2)cc(Cl)c2c1CCC2. The monoisotopic (exact) mass is 248 g/mol. The second-order valence-electron chi connectivity index (χ2n) is 6.66. The van der Waals surface area contributed by atoms with Crippen molar-refractivity contribution in [3.63, 3.8) is 0 Å². The molecule has 17 heavy (non-hydrogen) atoms. The van der Waals surface area contributed by atoms with Gasteiger partial charge in [-0.1, -0.05) is 32.4 Å². The first-order valence-electron chi connectivity index (χ1n) is 6.83. The molecule has 0 spiro atoms. The van der Waals surface area contributed by atoms with Crippen molar-refractivity contribution >= 4 is 11.6 Å². The Morgan fingerprint density at radius 2 is 1.76 bits per heavy atom. The van der Waals surface area contributed by atoms with E-state index in [1.54, 1.807) is 16.7 Å². The summed E-state index contributed by atoms with van der Waals surface area (Å²) in [5.74, 6) is 0.799. The van der Waals surface area contributed by atoms with Crippen LogP contribution in [0.25, 0.3) is 0 Å². The average molecular weight is 249 g/mol. The maximum absolute atomic E-state index is 6.47. The Morgan fingerprint density at radius 3 is 2.35 bits per heavy atom. The van der Waals surface area contributed by atoms with E-state index in [0.29, 0.717) is 0 Å². The van der Waals surface area contributed by atoms with Gasteiger partial charge in [0.05, 0.1) is 0 Å². The molecule has 0 nitrogen and oxygen atoms in total. The maximum atomic E-state index is 6.47. The fourth-order valence-electron chi connectivity index (χ4n) is 3.36. The molecule has 0 radical (unpaired) electrons. The molecule has 0 atom stereocenters. The van der Waals surface area contributed by atoms with Gasteiger partial charge in [-0.2, -0.15) is 0 Å². The van der Waals surface area contributed by atoms with Gasteiger partial charge in [0.15, 0.2) is 0 Å². The van der Waals surface area contributed by atoms with Gasteiger partial charge in [-0.3, -0.25) is 0 Å². The van der Waals surface area contributed by atoms with Crippen LogP contribution in [-0.4, -0.2) is 0 Å². The molecule has 0 bridgehead atoms. The molecule has 0 unspecified atom stereocenters. The lowest BCUT2D eigenvalue weighted by Crippen LogP contribution is -2.17. The fraction of sp³-hybridized carbons (Fsp3) is 0.625. The van der Waals surface area contributed by atoms with Crippen LogP contribution in [0.1, 0.15) is 68.2 Å². The normalized spacial score (nSPS) is 19.5. The number of halogens is 1. The van der Waals surface area contributed by atoms with Gasteiger partial charge in [-0.05, 0) is 71.8 Å². The molecule has 1 aromatic rings. The van der Waals surface area contributed by atoms with Crippen molar-refractivity contribution in [1.82, 2.24) is 0 Å². The van der Waals surface area contributed by atoms with E-state index in [1.165, 1.54) is 37.7 Å². The first kappa shape index (κ1) is 11.6. The first-order chi connectivity index (χ1) is 7.98. The number of hydrogen-bond donors (Lipinski definition) is 0. The largest absolute Gasteiger partial charge is 0.0840 e. The van der Waals surface area contributed by atoms with Crippen LogP contribution >= 0.6 is 11.6 Å². The summed E-state index contributed by atoms with van der Waals surface area (Å²) < 4.78 is 0. The molecule has 1 fully saturated rings. The number of rotatable bonds is 1. The Hall–Kier alpha value is -0.490. The third-order valence-corrected chi connectivity index (χ3v) is 4.48. The molecule has 2 aliphatic rings. The summed E-state index contributed by atoms with van der Waals surface area (Å²) in [6, 6.07) is 2.28. The van der Waals surface area contributed by atoms with Crippen LogP contribution in [0.5, 0.6) is 0 Å². The van der Waals surface area contributed by atoms with E-state index >= 15 is 0 Å². The average Bonchev–Trinajstić information content (AvgIpc) is 2.94. The van der Waals surface area contributed by atoms with Crippen molar-refractivity contribution in [1.29, 1.82) is 0 Å². The van der Waals surface area contributed by atoms with Gasteiger partial charge in [0.1, 0.15) is 0 Å². The molecule has 0 amide bonds. The van der Waals surface area contributed by atoms with Crippen LogP contribution in [-0.2, 0) is 18.3 Å². The van der Waals surface area contributed by atoms with E-state index in [2.05, 4.69) is 26.8 Å². The van der Waals surface area contributed by atoms with Crippen molar-refractivity contribution in [2.75, 3.05) is 0 Å². The molecule has 0 N–H and O–H groups in total. The van der Waals surface area contributed by atoms with E-state index in [1.807, 2.05) is 0 Å². The Balaban J connectivity index is 2.25. The molecule has 3 rings (SSSR count). The smallest absolute Gasteiger partial charge is 0.0443 e. The minimum absolute atomic E-state index is 0.261. The van der Waals surface area contributed by atoms with Crippen LogP contribution in [0.15, 0.2) is 6.07 Å². The van der Waals surface area contributed by atoms with E-state index in [9.17, 15) is 0 Å². The molecule has 92 valence electrons. The van der Waals surface area contributed by atoms with Crippen LogP contribution < -0.4 is 0 Å². The number of hydrogen-bond acceptors (Lipinski definition) is 0. The van der Waals surface area contributed by atoms with Gasteiger partial charge in [0.2, 0.25) is 0 Å². The van der Waals surface area contributed by atoms with E-state index < -0.39 is 0 Å². The van der Waals surface area contributed by atoms with Crippen LogP contribution in [0, 0.1) is 0 Å². The summed E-state index contributed by atoms with van der Waals surface area (Å²) in [6.45, 7) is 7.04. The van der Waals surface area contributed by atoms with E-state index in [0.717, 1.165) is 10.9 Å². The summed E-state index contributed by atoms with van der Waals surface area (Å²) in [4.78, 5) is 0. The maximum Gasteiger partial charge on any atom is 0.0443 e. The molecule has 0 aliphatic heterocycles. The minimum atomic E-state index is 0.261. The highest BCUT2D eigenvalue weighted by molar-refractivity contribution is 6.31. The van der Waals surface area contributed by atoms with E-state index in [-0.39, 0.29) is 5.41 Å². The lowest BCUT2D eigenvalue weighted by Gasteiger charge is -2.27. The summed E-state index contributed by atoms with van der Waals surface area (Å²) in [5, 5.41) is 1.03. The molecule has 1 saturated carbocycles. The predicted molar refractivity (Wildman–Crippen MR) is 74.2 cm³/mol.